The lowest BCUT2D eigenvalue weighted by Gasteiger charge is -2.10. The highest BCUT2D eigenvalue weighted by molar-refractivity contribution is 7.99. The van der Waals surface area contributed by atoms with Gasteiger partial charge in [0.1, 0.15) is 11.4 Å². The molecule has 0 unspecified atom stereocenters. The Morgan fingerprint density at radius 3 is 2.56 bits per heavy atom. The summed E-state index contributed by atoms with van der Waals surface area (Å²) < 4.78 is 7.43. The van der Waals surface area contributed by atoms with Crippen LogP contribution in [-0.2, 0) is 20.5 Å². The van der Waals surface area contributed by atoms with Gasteiger partial charge in [-0.25, -0.2) is 4.79 Å². The van der Waals surface area contributed by atoms with Crippen LogP contribution in [0.5, 0.6) is 0 Å². The van der Waals surface area contributed by atoms with Crippen LogP contribution in [-0.4, -0.2) is 30.9 Å². The Hall–Kier alpha value is -3.14. The summed E-state index contributed by atoms with van der Waals surface area (Å²) in [6.45, 7) is 0. The maximum Gasteiger partial charge on any atom is 0.332 e. The number of thioether (sulfide) groups is 1. The topological polar surface area (TPSA) is 126 Å². The number of Topliss-reactive ketones (excluding diaryl/α,β-unsaturated/α-hetero) is 1. The quantitative estimate of drug-likeness (QED) is 0.482. The molecule has 2 N–H and O–H groups in total. The molecule has 0 saturated heterocycles. The summed E-state index contributed by atoms with van der Waals surface area (Å²) in [5, 5.41) is 8.07. The van der Waals surface area contributed by atoms with Gasteiger partial charge in [-0.15, -0.1) is 10.2 Å². The fourth-order valence-electron chi connectivity index (χ4n) is 2.46. The lowest BCUT2D eigenvalue weighted by Crippen LogP contribution is -2.41. The van der Waals surface area contributed by atoms with Gasteiger partial charge in [-0.1, -0.05) is 42.1 Å². The van der Waals surface area contributed by atoms with E-state index in [1.807, 2.05) is 30.3 Å². The normalized spacial score (nSPS) is 10.9. The van der Waals surface area contributed by atoms with Gasteiger partial charge in [0.05, 0.1) is 12.2 Å². The summed E-state index contributed by atoms with van der Waals surface area (Å²) in [7, 11) is 2.69. The monoisotopic (exact) mass is 387 g/mol. The number of hydrogen-bond donors (Lipinski definition) is 1. The zero-order valence-electron chi connectivity index (χ0n) is 14.7. The second-order valence-corrected chi connectivity index (χ2v) is 6.73. The highest BCUT2D eigenvalue weighted by Crippen LogP contribution is 2.19. The van der Waals surface area contributed by atoms with E-state index in [4.69, 9.17) is 10.2 Å². The van der Waals surface area contributed by atoms with Crippen LogP contribution in [0.2, 0.25) is 0 Å². The zero-order valence-corrected chi connectivity index (χ0v) is 15.5. The third kappa shape index (κ3) is 3.85. The van der Waals surface area contributed by atoms with E-state index in [1.165, 1.54) is 14.1 Å². The Morgan fingerprint density at radius 2 is 1.85 bits per heavy atom. The number of hydrogen-bond acceptors (Lipinski definition) is 8. The van der Waals surface area contributed by atoms with Crippen LogP contribution in [0.15, 0.2) is 49.6 Å². The molecule has 0 spiro atoms. The van der Waals surface area contributed by atoms with Crippen molar-refractivity contribution in [2.24, 2.45) is 14.1 Å². The highest BCUT2D eigenvalue weighted by atomic mass is 32.2. The molecule has 10 heteroatoms. The van der Waals surface area contributed by atoms with Gasteiger partial charge in [-0.2, -0.15) is 0 Å². The number of rotatable bonds is 6. The van der Waals surface area contributed by atoms with E-state index in [-0.39, 0.29) is 22.4 Å². The van der Waals surface area contributed by atoms with Crippen LogP contribution in [0.1, 0.15) is 21.8 Å². The first-order chi connectivity index (χ1) is 12.9. The minimum absolute atomic E-state index is 0.120. The maximum atomic E-state index is 12.5. The molecular formula is C17H17N5O4S. The SMILES string of the molecule is Cn1c(N)c(C(=O)CSc2nnc(Cc3ccccc3)o2)c(=O)n(C)c1=O. The summed E-state index contributed by atoms with van der Waals surface area (Å²) in [6, 6.07) is 9.63. The van der Waals surface area contributed by atoms with Gasteiger partial charge in [0.25, 0.3) is 10.8 Å². The molecule has 3 rings (SSSR count). The fourth-order valence-corrected chi connectivity index (χ4v) is 3.11. The molecule has 3 aromatic rings. The summed E-state index contributed by atoms with van der Waals surface area (Å²) in [5.41, 5.74) is 5.26. The van der Waals surface area contributed by atoms with E-state index in [1.54, 1.807) is 0 Å². The lowest BCUT2D eigenvalue weighted by atomic mass is 10.2. The van der Waals surface area contributed by atoms with Crippen molar-refractivity contribution in [3.05, 3.63) is 68.2 Å². The van der Waals surface area contributed by atoms with Crippen molar-refractivity contribution in [2.45, 2.75) is 11.6 Å². The van der Waals surface area contributed by atoms with E-state index in [0.29, 0.717) is 12.3 Å². The molecule has 2 aromatic heterocycles. The molecule has 1 aromatic carbocycles. The number of anilines is 1. The number of nitrogens with zero attached hydrogens (tertiary/aromatic N) is 4. The average Bonchev–Trinajstić information content (AvgIpc) is 3.11. The molecule has 0 amide bonds. The standard InChI is InChI=1S/C17H17N5O4S/c1-21-14(18)13(15(24)22(2)17(21)25)11(23)9-27-16-20-19-12(26-16)8-10-6-4-3-5-7-10/h3-7H,8-9,18H2,1-2H3. The van der Waals surface area contributed by atoms with Crippen molar-refractivity contribution in [1.82, 2.24) is 19.3 Å². The molecule has 140 valence electrons. The molecule has 0 fully saturated rings. The first kappa shape index (κ1) is 18.6. The van der Waals surface area contributed by atoms with Crippen LogP contribution < -0.4 is 17.0 Å². The van der Waals surface area contributed by atoms with Crippen molar-refractivity contribution >= 4 is 23.4 Å². The largest absolute Gasteiger partial charge is 0.416 e. The van der Waals surface area contributed by atoms with E-state index in [9.17, 15) is 14.4 Å². The second-order valence-electron chi connectivity index (χ2n) is 5.80. The molecule has 0 radical (unpaired) electrons. The number of benzene rings is 1. The van der Waals surface area contributed by atoms with Crippen molar-refractivity contribution in [1.29, 1.82) is 0 Å². The smallest absolute Gasteiger partial charge is 0.332 e. The Morgan fingerprint density at radius 1 is 1.15 bits per heavy atom. The Kier molecular flexibility index (Phi) is 5.26. The summed E-state index contributed by atoms with van der Waals surface area (Å²) in [6.07, 6.45) is 0.483. The molecular weight excluding hydrogens is 370 g/mol. The van der Waals surface area contributed by atoms with E-state index >= 15 is 0 Å². The van der Waals surface area contributed by atoms with E-state index in [2.05, 4.69) is 10.2 Å². The Labute approximate surface area is 157 Å². The van der Waals surface area contributed by atoms with Gasteiger partial charge in [0.2, 0.25) is 5.89 Å². The molecule has 0 bridgehead atoms. The molecule has 27 heavy (non-hydrogen) atoms. The van der Waals surface area contributed by atoms with Crippen LogP contribution >= 0.6 is 11.8 Å². The second kappa shape index (κ2) is 7.62. The predicted molar refractivity (Wildman–Crippen MR) is 99.9 cm³/mol. The molecule has 0 saturated carbocycles. The van der Waals surface area contributed by atoms with Crippen molar-refractivity contribution in [3.63, 3.8) is 0 Å². The third-order valence-electron chi connectivity index (χ3n) is 3.96. The van der Waals surface area contributed by atoms with Gasteiger partial charge in [-0.05, 0) is 5.56 Å². The van der Waals surface area contributed by atoms with Gasteiger partial charge >= 0.3 is 5.69 Å². The van der Waals surface area contributed by atoms with Crippen LogP contribution in [0.3, 0.4) is 0 Å². The number of aromatic nitrogens is 4. The molecule has 0 aliphatic carbocycles. The summed E-state index contributed by atoms with van der Waals surface area (Å²) >= 11 is 1.01. The van der Waals surface area contributed by atoms with Crippen LogP contribution in [0, 0.1) is 0 Å². The van der Waals surface area contributed by atoms with E-state index in [0.717, 1.165) is 26.5 Å². The summed E-state index contributed by atoms with van der Waals surface area (Å²) in [4.78, 5) is 36.5. The van der Waals surface area contributed by atoms with Crippen molar-refractivity contribution in [3.8, 4) is 0 Å². The van der Waals surface area contributed by atoms with E-state index < -0.39 is 17.0 Å². The zero-order chi connectivity index (χ0) is 19.6. The van der Waals surface area contributed by atoms with Gasteiger partial charge in [-0.3, -0.25) is 18.7 Å². The maximum absolute atomic E-state index is 12.5. The first-order valence-corrected chi connectivity index (χ1v) is 8.95. The van der Waals surface area contributed by atoms with Crippen LogP contribution in [0.25, 0.3) is 0 Å². The molecule has 2 heterocycles. The molecule has 9 nitrogen and oxygen atoms in total. The average molecular weight is 387 g/mol. The fraction of sp³-hybridized carbons (Fsp3) is 0.235. The minimum atomic E-state index is -0.725. The van der Waals surface area contributed by atoms with Gasteiger partial charge in [0.15, 0.2) is 5.78 Å². The van der Waals surface area contributed by atoms with Crippen LogP contribution in [0.4, 0.5) is 5.82 Å². The number of nitrogen functional groups attached to an aromatic ring is 1. The number of nitrogens with two attached hydrogens (primary N) is 1. The first-order valence-electron chi connectivity index (χ1n) is 7.96. The molecule has 0 atom stereocenters. The predicted octanol–water partition coefficient (Wildman–Crippen LogP) is 0.615. The van der Waals surface area contributed by atoms with Gasteiger partial charge < -0.3 is 10.2 Å². The van der Waals surface area contributed by atoms with Crippen molar-refractivity contribution in [2.75, 3.05) is 11.5 Å². The van der Waals surface area contributed by atoms with Crippen molar-refractivity contribution < 1.29 is 9.21 Å². The van der Waals surface area contributed by atoms with Gasteiger partial charge in [0, 0.05) is 14.1 Å². The Balaban J connectivity index is 1.72. The molecule has 0 aliphatic heterocycles. The molecule has 0 aliphatic rings. The third-order valence-corrected chi connectivity index (χ3v) is 4.78. The Bertz CT molecular complexity index is 1100. The summed E-state index contributed by atoms with van der Waals surface area (Å²) in [5.74, 6) is -0.376. The minimum Gasteiger partial charge on any atom is -0.416 e. The number of ketones is 1. The highest BCUT2D eigenvalue weighted by Gasteiger charge is 2.21. The number of carbonyl (C=O) groups is 1. The lowest BCUT2D eigenvalue weighted by molar-refractivity contribution is 0.102. The number of carbonyl (C=O) groups excluding carboxylic acids is 1.